The molecule has 1 atom stereocenters. The molecule has 0 bridgehead atoms. The average Bonchev–Trinajstić information content (AvgIpc) is 2.40. The number of hydrogen-bond donors (Lipinski definition) is 0. The predicted octanol–water partition coefficient (Wildman–Crippen LogP) is 3.61. The molecule has 0 saturated carbocycles. The maximum Gasteiger partial charge on any atom is 0.236 e. The summed E-state index contributed by atoms with van der Waals surface area (Å²) in [5.74, 6) is 0.975. The Morgan fingerprint density at radius 2 is 2.00 bits per heavy atom. The molecule has 4 heteroatoms. The molecule has 19 heavy (non-hydrogen) atoms. The highest BCUT2D eigenvalue weighted by Crippen LogP contribution is 2.14. The van der Waals surface area contributed by atoms with Crippen LogP contribution in [0.15, 0.2) is 24.3 Å². The van der Waals surface area contributed by atoms with Crippen LogP contribution < -0.4 is 4.74 Å². The third-order valence-corrected chi connectivity index (χ3v) is 3.22. The Morgan fingerprint density at radius 3 is 2.53 bits per heavy atom. The maximum atomic E-state index is 11.7. The number of halogens is 1. The van der Waals surface area contributed by atoms with E-state index in [9.17, 15) is 4.79 Å². The molecule has 0 aromatic heterocycles. The molecule has 1 rings (SSSR count). The predicted molar refractivity (Wildman–Crippen MR) is 81.7 cm³/mol. The van der Waals surface area contributed by atoms with E-state index in [1.807, 2.05) is 38.2 Å². The van der Waals surface area contributed by atoms with Crippen LogP contribution >= 0.6 is 15.9 Å². The molecule has 106 valence electrons. The SMILES string of the molecule is CCCCOc1ccc(CN(C)C(=O)C(C)Br)cc1. The van der Waals surface area contributed by atoms with Crippen LogP contribution in [0.2, 0.25) is 0 Å². The molecule has 1 aromatic rings. The van der Waals surface area contributed by atoms with Crippen molar-refractivity contribution in [2.45, 2.75) is 38.1 Å². The monoisotopic (exact) mass is 327 g/mol. The number of unbranched alkanes of at least 4 members (excludes halogenated alkanes) is 1. The van der Waals surface area contributed by atoms with Gasteiger partial charge in [-0.2, -0.15) is 0 Å². The summed E-state index contributed by atoms with van der Waals surface area (Å²) in [4.78, 5) is 13.3. The van der Waals surface area contributed by atoms with Crippen LogP contribution in [0.5, 0.6) is 5.75 Å². The van der Waals surface area contributed by atoms with Crippen LogP contribution in [0, 0.1) is 0 Å². The molecule has 0 saturated heterocycles. The fraction of sp³-hybridized carbons (Fsp3) is 0.533. The fourth-order valence-electron chi connectivity index (χ4n) is 1.68. The summed E-state index contributed by atoms with van der Waals surface area (Å²) in [5.41, 5.74) is 1.10. The van der Waals surface area contributed by atoms with E-state index in [4.69, 9.17) is 4.74 Å². The molecule has 0 radical (unpaired) electrons. The molecule has 0 aliphatic carbocycles. The second-order valence-electron chi connectivity index (χ2n) is 4.66. The lowest BCUT2D eigenvalue weighted by molar-refractivity contribution is -0.129. The Hall–Kier alpha value is -1.03. The van der Waals surface area contributed by atoms with Gasteiger partial charge in [0.2, 0.25) is 5.91 Å². The van der Waals surface area contributed by atoms with E-state index in [0.29, 0.717) is 6.54 Å². The maximum absolute atomic E-state index is 11.7. The summed E-state index contributed by atoms with van der Waals surface area (Å²) in [6, 6.07) is 7.93. The van der Waals surface area contributed by atoms with E-state index in [2.05, 4.69) is 22.9 Å². The van der Waals surface area contributed by atoms with Gasteiger partial charge in [-0.25, -0.2) is 0 Å². The van der Waals surface area contributed by atoms with Crippen molar-refractivity contribution in [2.24, 2.45) is 0 Å². The number of amides is 1. The topological polar surface area (TPSA) is 29.5 Å². The van der Waals surface area contributed by atoms with E-state index in [-0.39, 0.29) is 10.7 Å². The van der Waals surface area contributed by atoms with Crippen molar-refractivity contribution in [1.29, 1.82) is 0 Å². The molecule has 1 unspecified atom stereocenters. The minimum absolute atomic E-state index is 0.0864. The molecule has 0 aliphatic rings. The highest BCUT2D eigenvalue weighted by molar-refractivity contribution is 9.10. The molecule has 0 aliphatic heterocycles. The summed E-state index contributed by atoms with van der Waals surface area (Å²) in [6.07, 6.45) is 2.21. The van der Waals surface area contributed by atoms with Gasteiger partial charge in [-0.15, -0.1) is 0 Å². The van der Waals surface area contributed by atoms with Crippen LogP contribution in [0.4, 0.5) is 0 Å². The van der Waals surface area contributed by atoms with E-state index in [1.54, 1.807) is 4.90 Å². The zero-order chi connectivity index (χ0) is 14.3. The Balaban J connectivity index is 2.50. The summed E-state index contributed by atoms with van der Waals surface area (Å²) >= 11 is 3.29. The fourth-order valence-corrected chi connectivity index (χ4v) is 2.03. The largest absolute Gasteiger partial charge is 0.494 e. The van der Waals surface area contributed by atoms with E-state index in [0.717, 1.165) is 30.8 Å². The molecule has 1 amide bonds. The zero-order valence-electron chi connectivity index (χ0n) is 11.9. The van der Waals surface area contributed by atoms with Gasteiger partial charge in [-0.3, -0.25) is 4.79 Å². The molecule has 0 heterocycles. The summed E-state index contributed by atoms with van der Waals surface area (Å²) in [6.45, 7) is 5.35. The molecule has 0 N–H and O–H groups in total. The van der Waals surface area contributed by atoms with E-state index >= 15 is 0 Å². The number of ether oxygens (including phenoxy) is 1. The highest BCUT2D eigenvalue weighted by Gasteiger charge is 2.14. The van der Waals surface area contributed by atoms with Crippen LogP contribution in [0.3, 0.4) is 0 Å². The zero-order valence-corrected chi connectivity index (χ0v) is 13.4. The van der Waals surface area contributed by atoms with Crippen molar-refractivity contribution in [1.82, 2.24) is 4.90 Å². The first-order valence-corrected chi connectivity index (χ1v) is 7.57. The summed E-state index contributed by atoms with van der Waals surface area (Å²) in [7, 11) is 1.81. The van der Waals surface area contributed by atoms with E-state index < -0.39 is 0 Å². The molecule has 0 spiro atoms. The lowest BCUT2D eigenvalue weighted by atomic mass is 10.2. The standard InChI is InChI=1S/C15H22BrNO2/c1-4-5-10-19-14-8-6-13(7-9-14)11-17(3)15(18)12(2)16/h6-9,12H,4-5,10-11H2,1-3H3. The normalized spacial score (nSPS) is 12.0. The molecule has 3 nitrogen and oxygen atoms in total. The van der Waals surface area contributed by atoms with Crippen molar-refractivity contribution >= 4 is 21.8 Å². The molecule has 1 aromatic carbocycles. The van der Waals surface area contributed by atoms with Crippen molar-refractivity contribution < 1.29 is 9.53 Å². The Labute approximate surface area is 124 Å². The summed E-state index contributed by atoms with van der Waals surface area (Å²) < 4.78 is 5.60. The first kappa shape index (κ1) is 16.0. The van der Waals surface area contributed by atoms with Crippen molar-refractivity contribution in [3.63, 3.8) is 0 Å². The minimum Gasteiger partial charge on any atom is -0.494 e. The third-order valence-electron chi connectivity index (χ3n) is 2.83. The number of carbonyl (C=O) groups excluding carboxylic acids is 1. The molecular weight excluding hydrogens is 306 g/mol. The number of rotatable bonds is 7. The number of alkyl halides is 1. The van der Waals surface area contributed by atoms with Gasteiger partial charge in [0.25, 0.3) is 0 Å². The first-order valence-electron chi connectivity index (χ1n) is 6.65. The van der Waals surface area contributed by atoms with Gasteiger partial charge in [0.1, 0.15) is 5.75 Å². The van der Waals surface area contributed by atoms with Crippen molar-refractivity contribution in [2.75, 3.05) is 13.7 Å². The van der Waals surface area contributed by atoms with Crippen LogP contribution in [0.1, 0.15) is 32.3 Å². The first-order chi connectivity index (χ1) is 9.04. The highest BCUT2D eigenvalue weighted by atomic mass is 79.9. The molecular formula is C15H22BrNO2. The van der Waals surface area contributed by atoms with Crippen molar-refractivity contribution in [3.8, 4) is 5.75 Å². The average molecular weight is 328 g/mol. The Bertz CT molecular complexity index is 390. The minimum atomic E-state index is -0.144. The number of benzene rings is 1. The van der Waals surface area contributed by atoms with Gasteiger partial charge < -0.3 is 9.64 Å². The second kappa shape index (κ2) is 8.20. The Kier molecular flexibility index (Phi) is 6.92. The van der Waals surface area contributed by atoms with Gasteiger partial charge in [0.05, 0.1) is 11.4 Å². The van der Waals surface area contributed by atoms with Gasteiger partial charge in [0, 0.05) is 13.6 Å². The van der Waals surface area contributed by atoms with Gasteiger partial charge in [-0.05, 0) is 31.0 Å². The molecule has 0 fully saturated rings. The quantitative estimate of drug-likeness (QED) is 0.565. The lowest BCUT2D eigenvalue weighted by Gasteiger charge is -2.18. The van der Waals surface area contributed by atoms with Gasteiger partial charge in [0.15, 0.2) is 0 Å². The number of carbonyl (C=O) groups is 1. The van der Waals surface area contributed by atoms with Crippen LogP contribution in [0.25, 0.3) is 0 Å². The van der Waals surface area contributed by atoms with Crippen LogP contribution in [-0.4, -0.2) is 29.3 Å². The van der Waals surface area contributed by atoms with Crippen LogP contribution in [-0.2, 0) is 11.3 Å². The smallest absolute Gasteiger partial charge is 0.236 e. The third kappa shape index (κ3) is 5.64. The van der Waals surface area contributed by atoms with Crippen molar-refractivity contribution in [3.05, 3.63) is 29.8 Å². The number of hydrogen-bond acceptors (Lipinski definition) is 2. The number of nitrogens with zero attached hydrogens (tertiary/aromatic N) is 1. The van der Waals surface area contributed by atoms with Gasteiger partial charge in [-0.1, -0.05) is 41.4 Å². The lowest BCUT2D eigenvalue weighted by Crippen LogP contribution is -2.31. The van der Waals surface area contributed by atoms with Gasteiger partial charge >= 0.3 is 0 Å². The van der Waals surface area contributed by atoms with E-state index in [1.165, 1.54) is 0 Å². The summed E-state index contributed by atoms with van der Waals surface area (Å²) in [5, 5.41) is 0. The second-order valence-corrected chi connectivity index (χ2v) is 6.03. The Morgan fingerprint density at radius 1 is 1.37 bits per heavy atom.